The number of ether oxygens (including phenoxy) is 1. The second kappa shape index (κ2) is 5.31. The Kier molecular flexibility index (Phi) is 3.77. The van der Waals surface area contributed by atoms with Crippen molar-refractivity contribution in [3.05, 3.63) is 40.9 Å². The van der Waals surface area contributed by atoms with Crippen molar-refractivity contribution >= 4 is 17.3 Å². The first kappa shape index (κ1) is 12.8. The van der Waals surface area contributed by atoms with E-state index in [-0.39, 0.29) is 0 Å². The van der Waals surface area contributed by atoms with Gasteiger partial charge in [0, 0.05) is 7.05 Å². The number of imidazole rings is 1. The van der Waals surface area contributed by atoms with Crippen molar-refractivity contribution in [1.82, 2.24) is 9.55 Å². The Labute approximate surface area is 112 Å². The van der Waals surface area contributed by atoms with Gasteiger partial charge in [0.25, 0.3) is 0 Å². The standard InChI is InChI=1S/C13H16ClN3O/c1-9-4-5-11(18-3)10(6-9)15-8-13-16-7-12(14)17(13)2/h4-7,15H,8H2,1-3H3. The summed E-state index contributed by atoms with van der Waals surface area (Å²) in [5.74, 6) is 1.70. The summed E-state index contributed by atoms with van der Waals surface area (Å²) in [4.78, 5) is 4.24. The third-order valence-electron chi connectivity index (χ3n) is 2.82. The van der Waals surface area contributed by atoms with Crippen molar-refractivity contribution in [3.8, 4) is 5.75 Å². The number of rotatable bonds is 4. The maximum absolute atomic E-state index is 5.94. The van der Waals surface area contributed by atoms with Crippen LogP contribution in [0.5, 0.6) is 5.75 Å². The number of nitrogens with one attached hydrogen (secondary N) is 1. The van der Waals surface area contributed by atoms with Crippen molar-refractivity contribution in [2.75, 3.05) is 12.4 Å². The van der Waals surface area contributed by atoms with Crippen molar-refractivity contribution in [2.45, 2.75) is 13.5 Å². The zero-order valence-corrected chi connectivity index (χ0v) is 11.5. The summed E-state index contributed by atoms with van der Waals surface area (Å²) in [6.45, 7) is 2.64. The van der Waals surface area contributed by atoms with Crippen LogP contribution in [0.1, 0.15) is 11.4 Å². The van der Waals surface area contributed by atoms with E-state index >= 15 is 0 Å². The molecule has 1 aromatic carbocycles. The van der Waals surface area contributed by atoms with Gasteiger partial charge in [0.15, 0.2) is 0 Å². The predicted octanol–water partition coefficient (Wildman–Crippen LogP) is 3.00. The van der Waals surface area contributed by atoms with Crippen LogP contribution in [0.15, 0.2) is 24.4 Å². The third kappa shape index (κ3) is 2.59. The molecule has 96 valence electrons. The minimum absolute atomic E-state index is 0.600. The Morgan fingerprint density at radius 1 is 1.44 bits per heavy atom. The number of hydrogen-bond acceptors (Lipinski definition) is 3. The molecule has 0 fully saturated rings. The van der Waals surface area contributed by atoms with Gasteiger partial charge < -0.3 is 14.6 Å². The second-order valence-corrected chi connectivity index (χ2v) is 4.50. The maximum Gasteiger partial charge on any atom is 0.141 e. The van der Waals surface area contributed by atoms with Crippen LogP contribution in [0.2, 0.25) is 5.15 Å². The molecule has 0 atom stereocenters. The fourth-order valence-electron chi connectivity index (χ4n) is 1.72. The van der Waals surface area contributed by atoms with Crippen molar-refractivity contribution < 1.29 is 4.74 Å². The molecule has 1 heterocycles. The molecule has 2 rings (SSSR count). The van der Waals surface area contributed by atoms with E-state index in [9.17, 15) is 0 Å². The number of hydrogen-bond donors (Lipinski definition) is 1. The van der Waals surface area contributed by atoms with Gasteiger partial charge in [-0.3, -0.25) is 0 Å². The Balaban J connectivity index is 2.15. The molecule has 0 saturated carbocycles. The van der Waals surface area contributed by atoms with Crippen LogP contribution in [0.25, 0.3) is 0 Å². The van der Waals surface area contributed by atoms with E-state index in [1.807, 2.05) is 36.7 Å². The third-order valence-corrected chi connectivity index (χ3v) is 3.17. The lowest BCUT2D eigenvalue weighted by Gasteiger charge is -2.12. The van der Waals surface area contributed by atoms with Gasteiger partial charge in [-0.15, -0.1) is 0 Å². The Hall–Kier alpha value is -1.68. The number of nitrogens with zero attached hydrogens (tertiary/aromatic N) is 2. The number of halogens is 1. The van der Waals surface area contributed by atoms with E-state index in [0.29, 0.717) is 11.7 Å². The van der Waals surface area contributed by atoms with Crippen molar-refractivity contribution in [1.29, 1.82) is 0 Å². The van der Waals surface area contributed by atoms with E-state index in [4.69, 9.17) is 16.3 Å². The lowest BCUT2D eigenvalue weighted by Crippen LogP contribution is -2.07. The topological polar surface area (TPSA) is 39.1 Å². The average molecular weight is 266 g/mol. The highest BCUT2D eigenvalue weighted by atomic mass is 35.5. The molecule has 18 heavy (non-hydrogen) atoms. The van der Waals surface area contributed by atoms with Gasteiger partial charge in [-0.25, -0.2) is 4.98 Å². The summed E-state index contributed by atoms with van der Waals surface area (Å²) in [6, 6.07) is 6.01. The summed E-state index contributed by atoms with van der Waals surface area (Å²) in [5, 5.41) is 3.94. The van der Waals surface area contributed by atoms with E-state index in [0.717, 1.165) is 17.3 Å². The number of methoxy groups -OCH3 is 1. The largest absolute Gasteiger partial charge is 0.495 e. The quantitative estimate of drug-likeness (QED) is 0.924. The van der Waals surface area contributed by atoms with Crippen LogP contribution in [0, 0.1) is 6.92 Å². The number of aromatic nitrogens is 2. The fourth-order valence-corrected chi connectivity index (χ4v) is 1.87. The lowest BCUT2D eigenvalue weighted by molar-refractivity contribution is 0.416. The first-order valence-electron chi connectivity index (χ1n) is 5.66. The van der Waals surface area contributed by atoms with Gasteiger partial charge in [-0.2, -0.15) is 0 Å². The van der Waals surface area contributed by atoms with Crippen LogP contribution in [-0.4, -0.2) is 16.7 Å². The van der Waals surface area contributed by atoms with E-state index in [1.54, 1.807) is 13.3 Å². The summed E-state index contributed by atoms with van der Waals surface area (Å²) in [5.41, 5.74) is 2.13. The zero-order chi connectivity index (χ0) is 13.1. The molecule has 0 aliphatic rings. The molecular formula is C13H16ClN3O. The van der Waals surface area contributed by atoms with Gasteiger partial charge >= 0.3 is 0 Å². The van der Waals surface area contributed by atoms with Gasteiger partial charge in [0.05, 0.1) is 25.5 Å². The first-order chi connectivity index (χ1) is 8.61. The highest BCUT2D eigenvalue weighted by Gasteiger charge is 2.06. The molecule has 0 saturated heterocycles. The molecule has 0 aliphatic heterocycles. The molecule has 0 bridgehead atoms. The maximum atomic E-state index is 5.94. The highest BCUT2D eigenvalue weighted by Crippen LogP contribution is 2.25. The molecule has 2 aromatic rings. The SMILES string of the molecule is COc1ccc(C)cc1NCc1ncc(Cl)n1C. The molecule has 5 heteroatoms. The summed E-state index contributed by atoms with van der Waals surface area (Å²) >= 11 is 5.94. The van der Waals surface area contributed by atoms with Crippen LogP contribution in [0.3, 0.4) is 0 Å². The van der Waals surface area contributed by atoms with Crippen LogP contribution >= 0.6 is 11.6 Å². The Bertz CT molecular complexity index is 551. The van der Waals surface area contributed by atoms with Crippen LogP contribution < -0.4 is 10.1 Å². The van der Waals surface area contributed by atoms with Gasteiger partial charge in [-0.05, 0) is 24.6 Å². The average Bonchev–Trinajstić information content (AvgIpc) is 2.68. The van der Waals surface area contributed by atoms with E-state index < -0.39 is 0 Å². The lowest BCUT2D eigenvalue weighted by atomic mass is 10.2. The van der Waals surface area contributed by atoms with Crippen LogP contribution in [0.4, 0.5) is 5.69 Å². The predicted molar refractivity (Wildman–Crippen MR) is 73.3 cm³/mol. The van der Waals surface area contributed by atoms with Crippen LogP contribution in [-0.2, 0) is 13.6 Å². The highest BCUT2D eigenvalue weighted by molar-refractivity contribution is 6.29. The molecule has 0 amide bonds. The first-order valence-corrected chi connectivity index (χ1v) is 6.04. The molecule has 0 radical (unpaired) electrons. The molecule has 0 aliphatic carbocycles. The number of anilines is 1. The minimum Gasteiger partial charge on any atom is -0.495 e. The monoisotopic (exact) mass is 265 g/mol. The summed E-state index contributed by atoms with van der Waals surface area (Å²) in [6.07, 6.45) is 1.64. The van der Waals surface area contributed by atoms with E-state index in [2.05, 4.69) is 10.3 Å². The molecule has 1 N–H and O–H groups in total. The summed E-state index contributed by atoms with van der Waals surface area (Å²) < 4.78 is 7.15. The summed E-state index contributed by atoms with van der Waals surface area (Å²) in [7, 11) is 3.55. The molecule has 0 unspecified atom stereocenters. The normalized spacial score (nSPS) is 10.4. The molecule has 1 aromatic heterocycles. The number of benzene rings is 1. The second-order valence-electron chi connectivity index (χ2n) is 4.11. The fraction of sp³-hybridized carbons (Fsp3) is 0.308. The van der Waals surface area contributed by atoms with Crippen molar-refractivity contribution in [3.63, 3.8) is 0 Å². The molecular weight excluding hydrogens is 250 g/mol. The van der Waals surface area contributed by atoms with E-state index in [1.165, 1.54) is 5.56 Å². The minimum atomic E-state index is 0.600. The Morgan fingerprint density at radius 3 is 2.83 bits per heavy atom. The van der Waals surface area contributed by atoms with Crippen molar-refractivity contribution in [2.24, 2.45) is 7.05 Å². The number of aryl methyl sites for hydroxylation is 1. The van der Waals surface area contributed by atoms with Gasteiger partial charge in [0.1, 0.15) is 16.7 Å². The van der Waals surface area contributed by atoms with Gasteiger partial charge in [-0.1, -0.05) is 17.7 Å². The Morgan fingerprint density at radius 2 is 2.22 bits per heavy atom. The zero-order valence-electron chi connectivity index (χ0n) is 10.7. The van der Waals surface area contributed by atoms with Gasteiger partial charge in [0.2, 0.25) is 0 Å². The molecule has 0 spiro atoms. The smallest absolute Gasteiger partial charge is 0.141 e. The molecule has 4 nitrogen and oxygen atoms in total.